The molecule has 0 saturated carbocycles. The second kappa shape index (κ2) is 9.62. The van der Waals surface area contributed by atoms with Gasteiger partial charge in [-0.25, -0.2) is 0 Å². The number of H-pyrrole nitrogens is 1. The molecule has 0 unspecified atom stereocenters. The van der Waals surface area contributed by atoms with Gasteiger partial charge >= 0.3 is 0 Å². The summed E-state index contributed by atoms with van der Waals surface area (Å²) in [5.41, 5.74) is 3.41. The molecule has 7 nitrogen and oxygen atoms in total. The Morgan fingerprint density at radius 1 is 1.09 bits per heavy atom. The summed E-state index contributed by atoms with van der Waals surface area (Å²) < 4.78 is 7.37. The summed E-state index contributed by atoms with van der Waals surface area (Å²) >= 11 is 7.32. The van der Waals surface area contributed by atoms with Crippen molar-refractivity contribution >= 4 is 45.9 Å². The summed E-state index contributed by atoms with van der Waals surface area (Å²) in [6, 6.07) is 22.7. The number of rotatable bonds is 7. The van der Waals surface area contributed by atoms with Crippen LogP contribution in [0, 0.1) is 0 Å². The van der Waals surface area contributed by atoms with Crippen molar-refractivity contribution in [2.75, 3.05) is 18.2 Å². The van der Waals surface area contributed by atoms with E-state index < -0.39 is 0 Å². The Labute approximate surface area is 205 Å². The van der Waals surface area contributed by atoms with Crippen molar-refractivity contribution < 1.29 is 9.53 Å². The Balaban J connectivity index is 1.49. The number of thioether (sulfide) groups is 1. The van der Waals surface area contributed by atoms with Crippen LogP contribution in [0.5, 0.6) is 5.75 Å². The van der Waals surface area contributed by atoms with E-state index in [1.807, 2.05) is 59.3 Å². The highest BCUT2D eigenvalue weighted by atomic mass is 35.5. The van der Waals surface area contributed by atoms with E-state index in [9.17, 15) is 4.79 Å². The first kappa shape index (κ1) is 22.1. The fourth-order valence-corrected chi connectivity index (χ4v) is 4.61. The molecule has 2 heterocycles. The molecule has 0 spiro atoms. The van der Waals surface area contributed by atoms with Gasteiger partial charge in [-0.15, -0.1) is 10.2 Å². The fraction of sp³-hybridized carbons (Fsp3) is 0.0800. The van der Waals surface area contributed by atoms with Crippen LogP contribution in [0.25, 0.3) is 28.0 Å². The molecule has 0 aliphatic heterocycles. The molecule has 9 heteroatoms. The van der Waals surface area contributed by atoms with E-state index in [0.717, 1.165) is 22.2 Å². The van der Waals surface area contributed by atoms with Gasteiger partial charge < -0.3 is 15.0 Å². The molecule has 0 saturated heterocycles. The van der Waals surface area contributed by atoms with Gasteiger partial charge in [-0.3, -0.25) is 9.36 Å². The predicted octanol–water partition coefficient (Wildman–Crippen LogP) is 5.81. The van der Waals surface area contributed by atoms with Gasteiger partial charge in [0.05, 0.1) is 18.6 Å². The van der Waals surface area contributed by atoms with Crippen molar-refractivity contribution in [3.05, 3.63) is 84.0 Å². The zero-order valence-electron chi connectivity index (χ0n) is 18.2. The monoisotopic (exact) mass is 489 g/mol. The van der Waals surface area contributed by atoms with Crippen molar-refractivity contribution in [1.29, 1.82) is 0 Å². The molecule has 3 aromatic carbocycles. The highest BCUT2D eigenvalue weighted by Crippen LogP contribution is 2.33. The van der Waals surface area contributed by atoms with E-state index in [4.69, 9.17) is 16.3 Å². The number of fused-ring (bicyclic) bond motifs is 1. The number of aromatic nitrogens is 4. The Kier molecular flexibility index (Phi) is 6.24. The molecule has 0 aliphatic rings. The molecule has 0 fully saturated rings. The van der Waals surface area contributed by atoms with Gasteiger partial charge in [0.25, 0.3) is 0 Å². The number of nitrogens with one attached hydrogen (secondary N) is 2. The van der Waals surface area contributed by atoms with E-state index >= 15 is 0 Å². The number of hydrogen-bond donors (Lipinski definition) is 2. The summed E-state index contributed by atoms with van der Waals surface area (Å²) in [7, 11) is 1.63. The van der Waals surface area contributed by atoms with Crippen LogP contribution in [0.15, 0.2) is 84.1 Å². The molecule has 5 aromatic rings. The minimum Gasteiger partial charge on any atom is -0.497 e. The second-order valence-corrected chi connectivity index (χ2v) is 8.82. The number of nitrogens with zero attached hydrogens (tertiary/aromatic N) is 3. The zero-order valence-corrected chi connectivity index (χ0v) is 19.7. The second-order valence-electron chi connectivity index (χ2n) is 7.44. The van der Waals surface area contributed by atoms with Gasteiger partial charge in [0.1, 0.15) is 5.75 Å². The smallest absolute Gasteiger partial charge is 0.234 e. The molecular formula is C25H20ClN5O2S. The number of hydrogen-bond acceptors (Lipinski definition) is 5. The summed E-state index contributed by atoms with van der Waals surface area (Å²) in [6.45, 7) is 0. The first-order valence-corrected chi connectivity index (χ1v) is 11.8. The SMILES string of the molecule is COc1cccc(-n2c(SCC(=O)Nc3cccc(Cl)c3)nnc2-c2c[nH]c3ccccc23)c1. The van der Waals surface area contributed by atoms with E-state index in [0.29, 0.717) is 27.4 Å². The number of carbonyl (C=O) groups excluding carboxylic acids is 1. The molecule has 1 amide bonds. The van der Waals surface area contributed by atoms with Crippen LogP contribution >= 0.6 is 23.4 Å². The third-order valence-electron chi connectivity index (χ3n) is 5.22. The van der Waals surface area contributed by atoms with Gasteiger partial charge in [0.2, 0.25) is 5.91 Å². The molecular weight excluding hydrogens is 470 g/mol. The number of aromatic amines is 1. The quantitative estimate of drug-likeness (QED) is 0.282. The molecule has 2 N–H and O–H groups in total. The van der Waals surface area contributed by atoms with Crippen molar-refractivity contribution in [3.63, 3.8) is 0 Å². The number of amides is 1. The standard InChI is InChI=1S/C25H20ClN5O2S/c1-33-19-9-5-8-18(13-19)31-24(21-14-27-22-11-3-2-10-20(21)22)29-30-25(31)34-15-23(32)28-17-7-4-6-16(26)12-17/h2-14,27H,15H2,1H3,(H,28,32). The summed E-state index contributed by atoms with van der Waals surface area (Å²) in [5, 5.41) is 14.0. The number of para-hydroxylation sites is 1. The van der Waals surface area contributed by atoms with Crippen LogP contribution in [0.3, 0.4) is 0 Å². The topological polar surface area (TPSA) is 84.8 Å². The van der Waals surface area contributed by atoms with E-state index in [-0.39, 0.29) is 11.7 Å². The zero-order chi connectivity index (χ0) is 23.5. The highest BCUT2D eigenvalue weighted by molar-refractivity contribution is 7.99. The van der Waals surface area contributed by atoms with Crippen molar-refractivity contribution in [1.82, 2.24) is 19.7 Å². The van der Waals surface area contributed by atoms with Gasteiger partial charge in [-0.1, -0.05) is 53.7 Å². The largest absolute Gasteiger partial charge is 0.497 e. The van der Waals surface area contributed by atoms with Crippen LogP contribution in [-0.4, -0.2) is 38.5 Å². The normalized spacial score (nSPS) is 11.0. The summed E-state index contributed by atoms with van der Waals surface area (Å²) in [4.78, 5) is 15.9. The number of carbonyl (C=O) groups is 1. The van der Waals surface area contributed by atoms with Gasteiger partial charge in [0.15, 0.2) is 11.0 Å². The lowest BCUT2D eigenvalue weighted by atomic mass is 10.1. The maximum Gasteiger partial charge on any atom is 0.234 e. The molecule has 0 atom stereocenters. The third-order valence-corrected chi connectivity index (χ3v) is 6.38. The van der Waals surface area contributed by atoms with Crippen LogP contribution < -0.4 is 10.1 Å². The Hall–Kier alpha value is -3.75. The average Bonchev–Trinajstić information content (AvgIpc) is 3.47. The number of methoxy groups -OCH3 is 1. The van der Waals surface area contributed by atoms with Crippen molar-refractivity contribution in [2.45, 2.75) is 5.16 Å². The molecule has 2 aromatic heterocycles. The number of halogens is 1. The van der Waals surface area contributed by atoms with E-state index in [1.165, 1.54) is 11.8 Å². The lowest BCUT2D eigenvalue weighted by Gasteiger charge is -2.11. The number of ether oxygens (including phenoxy) is 1. The molecule has 0 bridgehead atoms. The number of anilines is 1. The Bertz CT molecular complexity index is 1480. The lowest BCUT2D eigenvalue weighted by Crippen LogP contribution is -2.14. The summed E-state index contributed by atoms with van der Waals surface area (Å²) in [5.74, 6) is 1.37. The molecule has 5 rings (SSSR count). The highest BCUT2D eigenvalue weighted by Gasteiger charge is 2.20. The predicted molar refractivity (Wildman–Crippen MR) is 136 cm³/mol. The van der Waals surface area contributed by atoms with Crippen LogP contribution in [0.1, 0.15) is 0 Å². The number of benzene rings is 3. The van der Waals surface area contributed by atoms with Gasteiger partial charge in [-0.2, -0.15) is 0 Å². The molecule has 34 heavy (non-hydrogen) atoms. The third kappa shape index (κ3) is 4.50. The first-order chi connectivity index (χ1) is 16.6. The van der Waals surface area contributed by atoms with E-state index in [1.54, 1.807) is 31.4 Å². The van der Waals surface area contributed by atoms with Crippen LogP contribution in [0.2, 0.25) is 5.02 Å². The molecule has 0 aliphatic carbocycles. The van der Waals surface area contributed by atoms with E-state index in [2.05, 4.69) is 20.5 Å². The van der Waals surface area contributed by atoms with Gasteiger partial charge in [0, 0.05) is 39.4 Å². The maximum atomic E-state index is 12.6. The lowest BCUT2D eigenvalue weighted by molar-refractivity contribution is -0.113. The van der Waals surface area contributed by atoms with Crippen molar-refractivity contribution in [2.24, 2.45) is 0 Å². The summed E-state index contributed by atoms with van der Waals surface area (Å²) in [6.07, 6.45) is 1.92. The molecule has 0 radical (unpaired) electrons. The average molecular weight is 490 g/mol. The van der Waals surface area contributed by atoms with Gasteiger partial charge in [-0.05, 0) is 36.4 Å². The fourth-order valence-electron chi connectivity index (χ4n) is 3.67. The molecule has 170 valence electrons. The van der Waals surface area contributed by atoms with Crippen molar-refractivity contribution in [3.8, 4) is 22.8 Å². The van der Waals surface area contributed by atoms with Crippen LogP contribution in [-0.2, 0) is 4.79 Å². The first-order valence-electron chi connectivity index (χ1n) is 10.5. The van der Waals surface area contributed by atoms with Crippen LogP contribution in [0.4, 0.5) is 5.69 Å². The Morgan fingerprint density at radius 2 is 1.94 bits per heavy atom. The maximum absolute atomic E-state index is 12.6. The Morgan fingerprint density at radius 3 is 2.79 bits per heavy atom. The minimum atomic E-state index is -0.166. The minimum absolute atomic E-state index is 0.155.